The van der Waals surface area contributed by atoms with Crippen LogP contribution in [0.5, 0.6) is 0 Å². The number of aliphatic hydroxyl groups is 2. The summed E-state index contributed by atoms with van der Waals surface area (Å²) in [4.78, 5) is 1.62. The van der Waals surface area contributed by atoms with Gasteiger partial charge in [0.2, 0.25) is 0 Å². The Morgan fingerprint density at radius 3 is 2.18 bits per heavy atom. The van der Waals surface area contributed by atoms with Crippen LogP contribution in [0, 0.1) is 5.41 Å². The predicted molar refractivity (Wildman–Crippen MR) is 39.9 cm³/mol. The highest BCUT2D eigenvalue weighted by molar-refractivity contribution is 5.74. The minimum Gasteiger partial charge on any atom is -0.370 e. The summed E-state index contributed by atoms with van der Waals surface area (Å²) in [6.45, 7) is 0.894. The summed E-state index contributed by atoms with van der Waals surface area (Å²) in [5, 5.41) is 25.2. The molecule has 11 heavy (non-hydrogen) atoms. The molecule has 1 aliphatic heterocycles. The van der Waals surface area contributed by atoms with Gasteiger partial charge in [0.1, 0.15) is 0 Å². The Balaban J connectivity index is 2.42. The molecule has 0 unspecified atom stereocenters. The van der Waals surface area contributed by atoms with E-state index >= 15 is 0 Å². The minimum absolute atomic E-state index is 0.000463. The van der Waals surface area contributed by atoms with Crippen LogP contribution in [-0.4, -0.2) is 39.9 Å². The zero-order valence-electron chi connectivity index (χ0n) is 6.25. The number of nitrogens with one attached hydrogen (secondary N) is 1. The maximum Gasteiger partial charge on any atom is 0.188 e. The van der Waals surface area contributed by atoms with Gasteiger partial charge in [-0.2, -0.15) is 0 Å². The van der Waals surface area contributed by atoms with Crippen LogP contribution in [0.4, 0.5) is 0 Å². The molecule has 1 fully saturated rings. The van der Waals surface area contributed by atoms with Crippen molar-refractivity contribution < 1.29 is 10.2 Å². The average Bonchev–Trinajstić information content (AvgIpc) is 1.86. The SMILES string of the molecule is N=C(N)N1CCC(O)(O)CC1. The van der Waals surface area contributed by atoms with Gasteiger partial charge in [-0.25, -0.2) is 0 Å². The van der Waals surface area contributed by atoms with Crippen molar-refractivity contribution in [2.75, 3.05) is 13.1 Å². The van der Waals surface area contributed by atoms with Gasteiger partial charge in [0.05, 0.1) is 0 Å². The zero-order chi connectivity index (χ0) is 8.48. The third-order valence-corrected chi connectivity index (χ3v) is 1.90. The summed E-state index contributed by atoms with van der Waals surface area (Å²) >= 11 is 0. The van der Waals surface area contributed by atoms with Crippen molar-refractivity contribution in [3.63, 3.8) is 0 Å². The highest BCUT2D eigenvalue weighted by Gasteiger charge is 2.29. The molecular formula is C6H13N3O2. The molecule has 5 nitrogen and oxygen atoms in total. The van der Waals surface area contributed by atoms with Crippen LogP contribution in [0.25, 0.3) is 0 Å². The van der Waals surface area contributed by atoms with Gasteiger partial charge in [-0.1, -0.05) is 0 Å². The van der Waals surface area contributed by atoms with E-state index in [1.807, 2.05) is 0 Å². The molecule has 0 aromatic carbocycles. The first kappa shape index (κ1) is 8.29. The maximum atomic E-state index is 9.09. The molecule has 0 aliphatic carbocycles. The van der Waals surface area contributed by atoms with Crippen LogP contribution < -0.4 is 5.73 Å². The third-order valence-electron chi connectivity index (χ3n) is 1.90. The van der Waals surface area contributed by atoms with Gasteiger partial charge in [0.25, 0.3) is 0 Å². The molecule has 5 heteroatoms. The van der Waals surface area contributed by atoms with Crippen molar-refractivity contribution >= 4 is 5.96 Å². The first-order valence-corrected chi connectivity index (χ1v) is 3.55. The lowest BCUT2D eigenvalue weighted by Gasteiger charge is -2.34. The molecular weight excluding hydrogens is 146 g/mol. The van der Waals surface area contributed by atoms with Gasteiger partial charge in [0, 0.05) is 25.9 Å². The van der Waals surface area contributed by atoms with Crippen molar-refractivity contribution in [2.24, 2.45) is 5.73 Å². The number of nitrogens with two attached hydrogens (primary N) is 1. The smallest absolute Gasteiger partial charge is 0.188 e. The van der Waals surface area contributed by atoms with Crippen molar-refractivity contribution in [1.29, 1.82) is 5.41 Å². The molecule has 0 saturated carbocycles. The largest absolute Gasteiger partial charge is 0.370 e. The van der Waals surface area contributed by atoms with Gasteiger partial charge in [-0.15, -0.1) is 0 Å². The van der Waals surface area contributed by atoms with Crippen LogP contribution in [0.3, 0.4) is 0 Å². The van der Waals surface area contributed by atoms with E-state index in [-0.39, 0.29) is 18.8 Å². The predicted octanol–water partition coefficient (Wildman–Crippen LogP) is -1.34. The van der Waals surface area contributed by atoms with Gasteiger partial charge >= 0.3 is 0 Å². The van der Waals surface area contributed by atoms with Crippen LogP contribution in [0.2, 0.25) is 0 Å². The monoisotopic (exact) mass is 159 g/mol. The van der Waals surface area contributed by atoms with Gasteiger partial charge in [-0.3, -0.25) is 5.41 Å². The van der Waals surface area contributed by atoms with Gasteiger partial charge in [-0.05, 0) is 0 Å². The van der Waals surface area contributed by atoms with E-state index in [1.165, 1.54) is 0 Å². The zero-order valence-corrected chi connectivity index (χ0v) is 6.25. The van der Waals surface area contributed by atoms with E-state index in [1.54, 1.807) is 4.90 Å². The molecule has 0 atom stereocenters. The van der Waals surface area contributed by atoms with E-state index < -0.39 is 5.79 Å². The molecule has 1 heterocycles. The second kappa shape index (κ2) is 2.67. The van der Waals surface area contributed by atoms with Crippen molar-refractivity contribution in [3.05, 3.63) is 0 Å². The number of rotatable bonds is 0. The third kappa shape index (κ3) is 2.06. The first-order chi connectivity index (χ1) is 5.01. The van der Waals surface area contributed by atoms with Crippen molar-refractivity contribution in [3.8, 4) is 0 Å². The molecule has 5 N–H and O–H groups in total. The second-order valence-electron chi connectivity index (χ2n) is 2.85. The van der Waals surface area contributed by atoms with E-state index in [4.69, 9.17) is 21.4 Å². The fraction of sp³-hybridized carbons (Fsp3) is 0.833. The van der Waals surface area contributed by atoms with E-state index in [2.05, 4.69) is 0 Å². The van der Waals surface area contributed by atoms with Gasteiger partial charge in [0.15, 0.2) is 11.7 Å². The Morgan fingerprint density at radius 1 is 1.36 bits per heavy atom. The Hall–Kier alpha value is -0.810. The van der Waals surface area contributed by atoms with E-state index in [0.29, 0.717) is 13.1 Å². The molecule has 0 radical (unpaired) electrons. The number of likely N-dealkylation sites (tertiary alicyclic amines) is 1. The standard InChI is InChI=1S/C6H13N3O2/c7-5(8)9-3-1-6(10,11)2-4-9/h10-11H,1-4H2,(H3,7,8). The topological polar surface area (TPSA) is 93.6 Å². The first-order valence-electron chi connectivity index (χ1n) is 3.55. The van der Waals surface area contributed by atoms with Crippen LogP contribution >= 0.6 is 0 Å². The fourth-order valence-corrected chi connectivity index (χ4v) is 1.11. The number of guanidine groups is 1. The van der Waals surface area contributed by atoms with Crippen LogP contribution in [0.15, 0.2) is 0 Å². The normalized spacial score (nSPS) is 23.3. The minimum atomic E-state index is -1.55. The summed E-state index contributed by atoms with van der Waals surface area (Å²) in [6, 6.07) is 0. The Bertz CT molecular complexity index is 159. The van der Waals surface area contributed by atoms with Crippen molar-refractivity contribution in [2.45, 2.75) is 18.6 Å². The second-order valence-corrected chi connectivity index (χ2v) is 2.85. The van der Waals surface area contributed by atoms with Crippen LogP contribution in [-0.2, 0) is 0 Å². The summed E-state index contributed by atoms with van der Waals surface area (Å²) in [6.07, 6.45) is 0.513. The maximum absolute atomic E-state index is 9.09. The van der Waals surface area contributed by atoms with Crippen molar-refractivity contribution in [1.82, 2.24) is 4.90 Å². The number of hydrogen-bond acceptors (Lipinski definition) is 3. The quantitative estimate of drug-likeness (QED) is 0.200. The molecule has 0 aromatic rings. The van der Waals surface area contributed by atoms with Gasteiger partial charge < -0.3 is 20.8 Å². The summed E-state index contributed by atoms with van der Waals surface area (Å²) in [5.41, 5.74) is 5.20. The average molecular weight is 159 g/mol. The Labute approximate surface area is 64.9 Å². The lowest BCUT2D eigenvalue weighted by Crippen LogP contribution is -2.48. The lowest BCUT2D eigenvalue weighted by atomic mass is 10.0. The summed E-state index contributed by atoms with van der Waals surface area (Å²) < 4.78 is 0. The Morgan fingerprint density at radius 2 is 1.82 bits per heavy atom. The molecule has 1 rings (SSSR count). The summed E-state index contributed by atoms with van der Waals surface area (Å²) in [7, 11) is 0. The molecule has 0 spiro atoms. The lowest BCUT2D eigenvalue weighted by molar-refractivity contribution is -0.184. The number of nitrogens with zero attached hydrogens (tertiary/aromatic N) is 1. The molecule has 0 amide bonds. The van der Waals surface area contributed by atoms with E-state index in [9.17, 15) is 0 Å². The fourth-order valence-electron chi connectivity index (χ4n) is 1.11. The summed E-state index contributed by atoms with van der Waals surface area (Å²) in [5.74, 6) is -1.55. The van der Waals surface area contributed by atoms with E-state index in [0.717, 1.165) is 0 Å². The molecule has 0 aromatic heterocycles. The molecule has 1 aliphatic rings. The van der Waals surface area contributed by atoms with Crippen LogP contribution in [0.1, 0.15) is 12.8 Å². The highest BCUT2D eigenvalue weighted by atomic mass is 16.5. The molecule has 0 bridgehead atoms. The molecule has 1 saturated heterocycles. The Kier molecular flexibility index (Phi) is 2.01. The highest BCUT2D eigenvalue weighted by Crippen LogP contribution is 2.17. The molecule has 64 valence electrons. The number of piperidine rings is 1. The number of hydrogen-bond donors (Lipinski definition) is 4.